The van der Waals surface area contributed by atoms with E-state index in [-0.39, 0.29) is 34.7 Å². The number of hydrogen-bond donors (Lipinski definition) is 1. The van der Waals surface area contributed by atoms with Crippen LogP contribution in [0.15, 0.2) is 39.5 Å². The minimum atomic E-state index is -0.720. The lowest BCUT2D eigenvalue weighted by Gasteiger charge is -2.19. The van der Waals surface area contributed by atoms with Gasteiger partial charge in [-0.05, 0) is 63.0 Å². The number of esters is 1. The Labute approximate surface area is 200 Å². The minimum Gasteiger partial charge on any atom is -0.507 e. The maximum Gasteiger partial charge on any atom is 0.375 e. The van der Waals surface area contributed by atoms with Crippen molar-refractivity contribution >= 4 is 38.5 Å². The summed E-state index contributed by atoms with van der Waals surface area (Å²) in [6.07, 6.45) is 2.74. The van der Waals surface area contributed by atoms with Crippen molar-refractivity contribution in [3.8, 4) is 16.3 Å². The van der Waals surface area contributed by atoms with E-state index in [1.54, 1.807) is 13.0 Å². The van der Waals surface area contributed by atoms with Gasteiger partial charge in [0.2, 0.25) is 11.2 Å². The molecule has 176 valence electrons. The number of ether oxygens (including phenoxy) is 1. The second-order valence-electron chi connectivity index (χ2n) is 8.42. The van der Waals surface area contributed by atoms with Crippen molar-refractivity contribution in [2.24, 2.45) is 0 Å². The van der Waals surface area contributed by atoms with Gasteiger partial charge < -0.3 is 14.3 Å². The first kappa shape index (κ1) is 22.6. The fraction of sp³-hybridized carbons (Fsp3) is 0.346. The van der Waals surface area contributed by atoms with E-state index < -0.39 is 5.97 Å². The van der Waals surface area contributed by atoms with Crippen LogP contribution in [0.3, 0.4) is 0 Å². The maximum atomic E-state index is 13.9. The molecule has 0 atom stereocenters. The van der Waals surface area contributed by atoms with Gasteiger partial charge in [-0.15, -0.1) is 11.3 Å². The molecule has 1 saturated heterocycles. The van der Waals surface area contributed by atoms with E-state index in [9.17, 15) is 14.7 Å². The predicted molar refractivity (Wildman–Crippen MR) is 133 cm³/mol. The number of thiazole rings is 1. The summed E-state index contributed by atoms with van der Waals surface area (Å²) in [6, 6.07) is 9.24. The van der Waals surface area contributed by atoms with Crippen molar-refractivity contribution in [1.82, 2.24) is 9.88 Å². The number of benzene rings is 2. The fourth-order valence-corrected chi connectivity index (χ4v) is 5.55. The third-order valence-corrected chi connectivity index (χ3v) is 7.31. The molecule has 2 aromatic carbocycles. The van der Waals surface area contributed by atoms with Crippen LogP contribution in [0.25, 0.3) is 31.8 Å². The average molecular weight is 479 g/mol. The van der Waals surface area contributed by atoms with Gasteiger partial charge in [0.25, 0.3) is 0 Å². The highest BCUT2D eigenvalue weighted by Crippen LogP contribution is 2.37. The standard InChI is InChI=1S/C26H26N2O5S/c1-3-15-13-16-22(30)20(25-27-18-9-5-6-10-19(18)34-25)24(26(31)32-4-2)33-23(16)17(21(15)29)14-28-11-7-8-12-28/h5-6,9-10,13,29H,3-4,7-8,11-12,14H2,1-2H3. The Hall–Kier alpha value is -3.23. The van der Waals surface area contributed by atoms with Crippen LogP contribution in [0.1, 0.15) is 48.4 Å². The van der Waals surface area contributed by atoms with Crippen molar-refractivity contribution in [1.29, 1.82) is 0 Å². The zero-order valence-corrected chi connectivity index (χ0v) is 20.0. The number of carbonyl (C=O) groups is 1. The molecule has 1 N–H and O–H groups in total. The molecular weight excluding hydrogens is 452 g/mol. The molecule has 0 unspecified atom stereocenters. The number of hydrogen-bond acceptors (Lipinski definition) is 8. The average Bonchev–Trinajstić information content (AvgIpc) is 3.50. The molecule has 0 bridgehead atoms. The topological polar surface area (TPSA) is 92.9 Å². The van der Waals surface area contributed by atoms with Crippen molar-refractivity contribution in [3.63, 3.8) is 0 Å². The van der Waals surface area contributed by atoms with Gasteiger partial charge in [-0.1, -0.05) is 19.1 Å². The normalized spacial score (nSPS) is 14.3. The van der Waals surface area contributed by atoms with Crippen LogP contribution in [0, 0.1) is 0 Å². The number of phenolic OH excluding ortho intramolecular Hbond substituents is 1. The Kier molecular flexibility index (Phi) is 6.10. The summed E-state index contributed by atoms with van der Waals surface area (Å²) in [6.45, 7) is 6.05. The van der Waals surface area contributed by atoms with E-state index >= 15 is 0 Å². The van der Waals surface area contributed by atoms with Gasteiger partial charge in [0, 0.05) is 6.54 Å². The van der Waals surface area contributed by atoms with Crippen LogP contribution in [0.4, 0.5) is 0 Å². The van der Waals surface area contributed by atoms with E-state index in [4.69, 9.17) is 9.15 Å². The zero-order chi connectivity index (χ0) is 23.8. The molecule has 0 amide bonds. The zero-order valence-electron chi connectivity index (χ0n) is 19.2. The van der Waals surface area contributed by atoms with Crippen LogP contribution in [0.5, 0.6) is 5.75 Å². The highest BCUT2D eigenvalue weighted by molar-refractivity contribution is 7.21. The number of aryl methyl sites for hydroxylation is 1. The van der Waals surface area contributed by atoms with Crippen molar-refractivity contribution < 1.29 is 19.1 Å². The molecule has 8 heteroatoms. The van der Waals surface area contributed by atoms with Crippen LogP contribution >= 0.6 is 11.3 Å². The first-order chi connectivity index (χ1) is 16.5. The molecule has 0 spiro atoms. The third-order valence-electron chi connectivity index (χ3n) is 6.26. The molecule has 1 aliphatic heterocycles. The molecular formula is C26H26N2O5S. The van der Waals surface area contributed by atoms with Gasteiger partial charge in [0.15, 0.2) is 0 Å². The highest BCUT2D eigenvalue weighted by Gasteiger charge is 2.28. The first-order valence-electron chi connectivity index (χ1n) is 11.6. The Balaban J connectivity index is 1.81. The second kappa shape index (κ2) is 9.19. The molecule has 4 aromatic rings. The van der Waals surface area contributed by atoms with Crippen molar-refractivity contribution in [3.05, 3.63) is 57.4 Å². The molecule has 1 fully saturated rings. The summed E-state index contributed by atoms with van der Waals surface area (Å²) in [5, 5.41) is 11.8. The van der Waals surface area contributed by atoms with E-state index in [0.29, 0.717) is 34.5 Å². The number of rotatable bonds is 6. The van der Waals surface area contributed by atoms with Crippen molar-refractivity contribution in [2.45, 2.75) is 39.7 Å². The molecule has 0 radical (unpaired) electrons. The van der Waals surface area contributed by atoms with E-state index in [1.807, 2.05) is 31.2 Å². The van der Waals surface area contributed by atoms with E-state index in [2.05, 4.69) is 9.88 Å². The molecule has 1 aliphatic rings. The van der Waals surface area contributed by atoms with Gasteiger partial charge in [-0.2, -0.15) is 0 Å². The summed E-state index contributed by atoms with van der Waals surface area (Å²) in [4.78, 5) is 33.7. The Morgan fingerprint density at radius 2 is 2.00 bits per heavy atom. The third kappa shape index (κ3) is 3.86. The number of likely N-dealkylation sites (tertiary alicyclic amines) is 1. The van der Waals surface area contributed by atoms with E-state index in [1.165, 1.54) is 11.3 Å². The number of para-hydroxylation sites is 1. The summed E-state index contributed by atoms with van der Waals surface area (Å²) in [7, 11) is 0. The Bertz CT molecular complexity index is 1420. The quantitative estimate of drug-likeness (QED) is 0.385. The molecule has 0 aliphatic carbocycles. The van der Waals surface area contributed by atoms with Gasteiger partial charge in [0.1, 0.15) is 21.9 Å². The van der Waals surface area contributed by atoms with Crippen LogP contribution < -0.4 is 5.43 Å². The minimum absolute atomic E-state index is 0.104. The second-order valence-corrected chi connectivity index (χ2v) is 9.45. The Morgan fingerprint density at radius 3 is 2.71 bits per heavy atom. The van der Waals surface area contributed by atoms with Gasteiger partial charge in [-0.25, -0.2) is 9.78 Å². The highest BCUT2D eigenvalue weighted by atomic mass is 32.1. The summed E-state index contributed by atoms with van der Waals surface area (Å²) < 4.78 is 12.3. The van der Waals surface area contributed by atoms with E-state index in [0.717, 1.165) is 36.1 Å². The number of aromatic nitrogens is 1. The lowest BCUT2D eigenvalue weighted by molar-refractivity contribution is 0.0492. The fourth-order valence-electron chi connectivity index (χ4n) is 4.54. The van der Waals surface area contributed by atoms with Crippen LogP contribution in [-0.4, -0.2) is 40.7 Å². The number of aromatic hydroxyl groups is 1. The molecule has 0 saturated carbocycles. The smallest absolute Gasteiger partial charge is 0.375 e. The van der Waals surface area contributed by atoms with Gasteiger partial charge in [0.05, 0.1) is 27.8 Å². The van der Waals surface area contributed by atoms with Crippen molar-refractivity contribution in [2.75, 3.05) is 19.7 Å². The summed E-state index contributed by atoms with van der Waals surface area (Å²) in [5.41, 5.74) is 1.95. The summed E-state index contributed by atoms with van der Waals surface area (Å²) >= 11 is 1.33. The lowest BCUT2D eigenvalue weighted by Crippen LogP contribution is -2.20. The number of nitrogens with zero attached hydrogens (tertiary/aromatic N) is 2. The predicted octanol–water partition coefficient (Wildman–Crippen LogP) is 5.11. The molecule has 5 rings (SSSR count). The van der Waals surface area contributed by atoms with Crippen LogP contribution in [-0.2, 0) is 17.7 Å². The monoisotopic (exact) mass is 478 g/mol. The largest absolute Gasteiger partial charge is 0.507 e. The summed E-state index contributed by atoms with van der Waals surface area (Å²) in [5.74, 6) is -0.778. The van der Waals surface area contributed by atoms with Gasteiger partial charge in [-0.3, -0.25) is 9.69 Å². The molecule has 34 heavy (non-hydrogen) atoms. The molecule has 2 aromatic heterocycles. The number of phenols is 1. The lowest BCUT2D eigenvalue weighted by atomic mass is 10.00. The SMILES string of the molecule is CCOC(=O)c1oc2c(CN3CCCC3)c(O)c(CC)cc2c(=O)c1-c1nc2ccccc2s1. The number of fused-ring (bicyclic) bond motifs is 2. The Morgan fingerprint density at radius 1 is 1.24 bits per heavy atom. The van der Waals surface area contributed by atoms with Crippen LogP contribution in [0.2, 0.25) is 0 Å². The first-order valence-corrected chi connectivity index (χ1v) is 12.4. The van der Waals surface area contributed by atoms with Gasteiger partial charge >= 0.3 is 5.97 Å². The maximum absolute atomic E-state index is 13.9. The molecule has 7 nitrogen and oxygen atoms in total. The molecule has 3 heterocycles. The number of carbonyl (C=O) groups excluding carboxylic acids is 1.